The maximum Gasteiger partial charge on any atom is 0.303 e. The van der Waals surface area contributed by atoms with Gasteiger partial charge in [0.25, 0.3) is 0 Å². The fraction of sp³-hybridized carbons (Fsp3) is 0.783. The molecule has 3 saturated carbocycles. The minimum Gasteiger partial charge on any atom is -0.462 e. The smallest absolute Gasteiger partial charge is 0.303 e. The zero-order valence-corrected chi connectivity index (χ0v) is 17.5. The molecule has 0 amide bonds. The Balaban J connectivity index is 1.61. The first-order valence-corrected chi connectivity index (χ1v) is 10.7. The maximum atomic E-state index is 12.5. The molecule has 5 nitrogen and oxygen atoms in total. The average molecular weight is 389 g/mol. The standard InChI is InChI=1S/C23H32O5/c1-13(24)27-20-12-23(4)15(11-19(20)26)5-6-16-17-7-8-21(28-14(2)25)22(17,3)10-9-18(16)23/h11,16-18,20-21H,5-10,12H2,1-4H3/t16-,17-,18-,20+,21+,22-,23-/m0/s1. The van der Waals surface area contributed by atoms with E-state index in [1.165, 1.54) is 19.4 Å². The lowest BCUT2D eigenvalue weighted by Gasteiger charge is -2.58. The number of carbonyl (C=O) groups is 3. The van der Waals surface area contributed by atoms with E-state index < -0.39 is 6.10 Å². The molecule has 0 bridgehead atoms. The molecule has 0 aromatic rings. The Hall–Kier alpha value is -1.65. The summed E-state index contributed by atoms with van der Waals surface area (Å²) >= 11 is 0. The van der Waals surface area contributed by atoms with Crippen molar-refractivity contribution in [2.24, 2.45) is 28.6 Å². The van der Waals surface area contributed by atoms with Gasteiger partial charge in [-0.15, -0.1) is 0 Å². The van der Waals surface area contributed by atoms with E-state index in [1.54, 1.807) is 6.08 Å². The summed E-state index contributed by atoms with van der Waals surface area (Å²) in [4.78, 5) is 35.5. The molecule has 0 aromatic carbocycles. The molecule has 0 N–H and O–H groups in total. The molecule has 0 saturated heterocycles. The van der Waals surface area contributed by atoms with E-state index in [4.69, 9.17) is 9.47 Å². The van der Waals surface area contributed by atoms with Gasteiger partial charge in [-0.05, 0) is 67.8 Å². The largest absolute Gasteiger partial charge is 0.462 e. The molecule has 0 aromatic heterocycles. The molecular weight excluding hydrogens is 356 g/mol. The summed E-state index contributed by atoms with van der Waals surface area (Å²) in [5.74, 6) is 1.00. The Bertz CT molecular complexity index is 739. The first-order valence-electron chi connectivity index (χ1n) is 10.7. The van der Waals surface area contributed by atoms with Crippen LogP contribution in [0.4, 0.5) is 0 Å². The van der Waals surface area contributed by atoms with E-state index in [-0.39, 0.29) is 34.7 Å². The van der Waals surface area contributed by atoms with E-state index in [2.05, 4.69) is 13.8 Å². The lowest BCUT2D eigenvalue weighted by Crippen LogP contribution is -2.53. The van der Waals surface area contributed by atoms with Crippen molar-refractivity contribution in [2.45, 2.75) is 84.8 Å². The Morgan fingerprint density at radius 3 is 2.39 bits per heavy atom. The Labute approximate surface area is 167 Å². The predicted octanol–water partition coefficient (Wildman–Crippen LogP) is 3.99. The fourth-order valence-electron chi connectivity index (χ4n) is 7.24. The van der Waals surface area contributed by atoms with Crippen LogP contribution in [0.15, 0.2) is 11.6 Å². The number of allylic oxidation sites excluding steroid dienone is 1. The van der Waals surface area contributed by atoms with Gasteiger partial charge in [0, 0.05) is 25.7 Å². The van der Waals surface area contributed by atoms with Gasteiger partial charge < -0.3 is 9.47 Å². The van der Waals surface area contributed by atoms with Crippen LogP contribution in [0, 0.1) is 28.6 Å². The van der Waals surface area contributed by atoms with Gasteiger partial charge in [-0.2, -0.15) is 0 Å². The topological polar surface area (TPSA) is 69.7 Å². The molecular formula is C23H32O5. The number of hydrogen-bond acceptors (Lipinski definition) is 5. The molecule has 4 aliphatic rings. The van der Waals surface area contributed by atoms with Crippen LogP contribution in [0.5, 0.6) is 0 Å². The second-order valence-electron chi connectivity index (χ2n) is 9.93. The summed E-state index contributed by atoms with van der Waals surface area (Å²) in [5, 5.41) is 0. The van der Waals surface area contributed by atoms with Gasteiger partial charge in [0.1, 0.15) is 6.10 Å². The Morgan fingerprint density at radius 1 is 1.00 bits per heavy atom. The minimum atomic E-state index is -0.643. The normalized spacial score (nSPS) is 44.6. The SMILES string of the molecule is CC(=O)O[C@@H]1C[C@@]2(C)C(=CC1=O)CC[C@H]1[C@@H]3CC[C@@H](OC(C)=O)[C@@]3(C)CC[C@@H]12. The van der Waals surface area contributed by atoms with Crippen LogP contribution >= 0.6 is 0 Å². The van der Waals surface area contributed by atoms with E-state index in [0.717, 1.165) is 38.5 Å². The second-order valence-corrected chi connectivity index (χ2v) is 9.93. The molecule has 0 radical (unpaired) electrons. The molecule has 0 spiro atoms. The summed E-state index contributed by atoms with van der Waals surface area (Å²) < 4.78 is 11.1. The highest BCUT2D eigenvalue weighted by atomic mass is 16.5. The average Bonchev–Trinajstić information content (AvgIpc) is 2.92. The highest BCUT2D eigenvalue weighted by molar-refractivity contribution is 5.96. The molecule has 3 fully saturated rings. The van der Waals surface area contributed by atoms with Crippen LogP contribution in [-0.2, 0) is 23.9 Å². The number of rotatable bonds is 2. The summed E-state index contributed by atoms with van der Waals surface area (Å²) in [5.41, 5.74) is 1.22. The number of fused-ring (bicyclic) bond motifs is 5. The van der Waals surface area contributed by atoms with Crippen molar-refractivity contribution in [2.75, 3.05) is 0 Å². The lowest BCUT2D eigenvalue weighted by molar-refractivity contribution is -0.160. The number of esters is 2. The molecule has 0 unspecified atom stereocenters. The van der Waals surface area contributed by atoms with Crippen molar-refractivity contribution in [3.8, 4) is 0 Å². The van der Waals surface area contributed by atoms with Crippen LogP contribution < -0.4 is 0 Å². The van der Waals surface area contributed by atoms with Gasteiger partial charge in [0.2, 0.25) is 0 Å². The van der Waals surface area contributed by atoms with Crippen molar-refractivity contribution >= 4 is 17.7 Å². The third kappa shape index (κ3) is 2.93. The minimum absolute atomic E-state index is 0.0300. The van der Waals surface area contributed by atoms with Crippen LogP contribution in [0.1, 0.15) is 72.6 Å². The first-order chi connectivity index (χ1) is 13.1. The zero-order chi connectivity index (χ0) is 20.3. The highest BCUT2D eigenvalue weighted by Crippen LogP contribution is 2.65. The maximum absolute atomic E-state index is 12.5. The first kappa shape index (κ1) is 19.7. The van der Waals surface area contributed by atoms with Crippen LogP contribution in [-0.4, -0.2) is 29.9 Å². The van der Waals surface area contributed by atoms with Gasteiger partial charge in [-0.25, -0.2) is 0 Å². The lowest BCUT2D eigenvalue weighted by atomic mass is 9.47. The van der Waals surface area contributed by atoms with Crippen molar-refractivity contribution in [1.29, 1.82) is 0 Å². The Kier molecular flexibility index (Phi) is 4.71. The van der Waals surface area contributed by atoms with E-state index in [9.17, 15) is 14.4 Å². The quantitative estimate of drug-likeness (QED) is 0.669. The number of hydrogen-bond donors (Lipinski definition) is 0. The van der Waals surface area contributed by atoms with Crippen LogP contribution in [0.25, 0.3) is 0 Å². The molecule has 5 heteroatoms. The van der Waals surface area contributed by atoms with Crippen LogP contribution in [0.3, 0.4) is 0 Å². The van der Waals surface area contributed by atoms with Crippen molar-refractivity contribution in [3.63, 3.8) is 0 Å². The third-order valence-corrected chi connectivity index (χ3v) is 8.51. The van der Waals surface area contributed by atoms with Crippen molar-refractivity contribution in [3.05, 3.63) is 11.6 Å². The predicted molar refractivity (Wildman–Crippen MR) is 103 cm³/mol. The molecule has 7 atom stereocenters. The van der Waals surface area contributed by atoms with Gasteiger partial charge >= 0.3 is 11.9 Å². The highest BCUT2D eigenvalue weighted by Gasteiger charge is 2.60. The molecule has 0 heterocycles. The molecule has 4 aliphatic carbocycles. The number of carbonyl (C=O) groups excluding carboxylic acids is 3. The Morgan fingerprint density at radius 2 is 1.71 bits per heavy atom. The molecule has 154 valence electrons. The number of ether oxygens (including phenoxy) is 2. The van der Waals surface area contributed by atoms with E-state index in [0.29, 0.717) is 24.2 Å². The van der Waals surface area contributed by atoms with Gasteiger partial charge in [0.15, 0.2) is 11.9 Å². The molecule has 0 aliphatic heterocycles. The third-order valence-electron chi connectivity index (χ3n) is 8.51. The summed E-state index contributed by atoms with van der Waals surface area (Å²) in [6.07, 6.45) is 8.00. The van der Waals surface area contributed by atoms with Gasteiger partial charge in [-0.1, -0.05) is 19.4 Å². The van der Waals surface area contributed by atoms with Gasteiger partial charge in [0.05, 0.1) is 0 Å². The summed E-state index contributed by atoms with van der Waals surface area (Å²) in [6.45, 7) is 7.47. The zero-order valence-electron chi connectivity index (χ0n) is 17.5. The van der Waals surface area contributed by atoms with Crippen LogP contribution in [0.2, 0.25) is 0 Å². The second kappa shape index (κ2) is 6.70. The fourth-order valence-corrected chi connectivity index (χ4v) is 7.24. The van der Waals surface area contributed by atoms with Gasteiger partial charge in [-0.3, -0.25) is 14.4 Å². The summed E-state index contributed by atoms with van der Waals surface area (Å²) in [6, 6.07) is 0. The van der Waals surface area contributed by atoms with Crippen molar-refractivity contribution < 1.29 is 23.9 Å². The summed E-state index contributed by atoms with van der Waals surface area (Å²) in [7, 11) is 0. The monoisotopic (exact) mass is 388 g/mol. The van der Waals surface area contributed by atoms with E-state index in [1.807, 2.05) is 0 Å². The van der Waals surface area contributed by atoms with Crippen molar-refractivity contribution in [1.82, 2.24) is 0 Å². The number of ketones is 1. The molecule has 4 rings (SSSR count). The molecule has 28 heavy (non-hydrogen) atoms. The van der Waals surface area contributed by atoms with E-state index >= 15 is 0 Å².